The van der Waals surface area contributed by atoms with Gasteiger partial charge in [-0.05, 0) is 97.6 Å². The highest BCUT2D eigenvalue weighted by atomic mass is 16.5. The van der Waals surface area contributed by atoms with E-state index >= 15 is 0 Å². The molecular weight excluding hydrogens is 322 g/mol. The molecule has 3 heterocycles. The van der Waals surface area contributed by atoms with Crippen LogP contribution >= 0.6 is 0 Å². The molecule has 0 aromatic heterocycles. The first kappa shape index (κ1) is 20.6. The Morgan fingerprint density at radius 3 is 1.77 bits per heavy atom. The molecule has 0 aliphatic carbocycles. The van der Waals surface area contributed by atoms with Crippen molar-refractivity contribution < 1.29 is 4.74 Å². The molecule has 0 N–H and O–H groups in total. The van der Waals surface area contributed by atoms with E-state index < -0.39 is 0 Å². The van der Waals surface area contributed by atoms with Crippen molar-refractivity contribution in [3.63, 3.8) is 0 Å². The third kappa shape index (κ3) is 5.92. The van der Waals surface area contributed by atoms with Crippen molar-refractivity contribution in [1.82, 2.24) is 14.7 Å². The van der Waals surface area contributed by atoms with Gasteiger partial charge in [-0.25, -0.2) is 0 Å². The largest absolute Gasteiger partial charge is 0.377 e. The minimum Gasteiger partial charge on any atom is -0.377 e. The zero-order valence-electron chi connectivity index (χ0n) is 17.7. The summed E-state index contributed by atoms with van der Waals surface area (Å²) in [6, 6.07) is 1.71. The van der Waals surface area contributed by atoms with E-state index in [1.54, 1.807) is 0 Å². The van der Waals surface area contributed by atoms with Gasteiger partial charge < -0.3 is 19.4 Å². The van der Waals surface area contributed by atoms with Crippen LogP contribution in [0, 0.1) is 5.92 Å². The lowest BCUT2D eigenvalue weighted by Gasteiger charge is -2.45. The molecule has 0 radical (unpaired) electrons. The standard InChI is InChI=1S/C22H43N3O/c1-4-20-5-13-24(14-6-20)22-9-15-25(16-10-22)21-7-11-23(12-8-21)17-18-26-19(2)3/h19-22H,4-18H2,1-3H3. The fourth-order valence-electron chi connectivity index (χ4n) is 5.27. The molecule has 0 unspecified atom stereocenters. The Labute approximate surface area is 162 Å². The number of hydrogen-bond acceptors (Lipinski definition) is 4. The van der Waals surface area contributed by atoms with Gasteiger partial charge in [0.15, 0.2) is 0 Å². The third-order valence-corrected chi connectivity index (χ3v) is 7.17. The van der Waals surface area contributed by atoms with Crippen LogP contribution in [0.3, 0.4) is 0 Å². The zero-order valence-corrected chi connectivity index (χ0v) is 17.7. The number of ether oxygens (including phenoxy) is 1. The van der Waals surface area contributed by atoms with Crippen LogP contribution in [0.15, 0.2) is 0 Å². The minimum absolute atomic E-state index is 0.363. The predicted octanol–water partition coefficient (Wildman–Crippen LogP) is 3.46. The molecule has 0 aromatic rings. The Balaban J connectivity index is 1.32. The predicted molar refractivity (Wildman–Crippen MR) is 110 cm³/mol. The van der Waals surface area contributed by atoms with Crippen LogP contribution in [0.2, 0.25) is 0 Å². The van der Waals surface area contributed by atoms with Crippen molar-refractivity contribution >= 4 is 0 Å². The molecule has 4 heteroatoms. The van der Waals surface area contributed by atoms with Crippen molar-refractivity contribution in [2.45, 2.75) is 83.9 Å². The van der Waals surface area contributed by atoms with E-state index in [9.17, 15) is 0 Å². The summed E-state index contributed by atoms with van der Waals surface area (Å²) in [4.78, 5) is 8.24. The minimum atomic E-state index is 0.363. The lowest BCUT2D eigenvalue weighted by atomic mass is 9.91. The Morgan fingerprint density at radius 2 is 1.27 bits per heavy atom. The highest BCUT2D eigenvalue weighted by Crippen LogP contribution is 2.27. The Bertz CT molecular complexity index is 379. The molecule has 4 nitrogen and oxygen atoms in total. The van der Waals surface area contributed by atoms with Gasteiger partial charge in [-0.15, -0.1) is 0 Å². The molecule has 26 heavy (non-hydrogen) atoms. The van der Waals surface area contributed by atoms with Gasteiger partial charge in [-0.2, -0.15) is 0 Å². The van der Waals surface area contributed by atoms with Gasteiger partial charge in [-0.1, -0.05) is 13.3 Å². The SMILES string of the molecule is CCC1CCN(C2CCN(C3CCN(CCOC(C)C)CC3)CC2)CC1. The monoisotopic (exact) mass is 365 g/mol. The zero-order chi connectivity index (χ0) is 18.4. The molecule has 0 amide bonds. The fraction of sp³-hybridized carbons (Fsp3) is 1.00. The first-order valence-electron chi connectivity index (χ1n) is 11.5. The first-order chi connectivity index (χ1) is 12.7. The van der Waals surface area contributed by atoms with E-state index in [1.165, 1.54) is 84.2 Å². The van der Waals surface area contributed by atoms with E-state index in [1.807, 2.05) is 0 Å². The second kappa shape index (κ2) is 10.4. The number of rotatable bonds is 7. The molecule has 0 saturated carbocycles. The summed E-state index contributed by atoms with van der Waals surface area (Å²) in [6.07, 6.45) is 10.1. The van der Waals surface area contributed by atoms with Gasteiger partial charge in [0.2, 0.25) is 0 Å². The maximum atomic E-state index is 5.71. The summed E-state index contributed by atoms with van der Waals surface area (Å²) in [5, 5.41) is 0. The van der Waals surface area contributed by atoms with E-state index in [4.69, 9.17) is 4.74 Å². The van der Waals surface area contributed by atoms with Gasteiger partial charge in [0, 0.05) is 18.6 Å². The van der Waals surface area contributed by atoms with E-state index in [-0.39, 0.29) is 0 Å². The van der Waals surface area contributed by atoms with Gasteiger partial charge in [0.25, 0.3) is 0 Å². The van der Waals surface area contributed by atoms with E-state index in [0.717, 1.165) is 31.2 Å². The Kier molecular flexibility index (Phi) is 8.23. The van der Waals surface area contributed by atoms with Crippen molar-refractivity contribution in [3.8, 4) is 0 Å². The van der Waals surface area contributed by atoms with Gasteiger partial charge in [0.05, 0.1) is 12.7 Å². The highest BCUT2D eigenvalue weighted by Gasteiger charge is 2.31. The smallest absolute Gasteiger partial charge is 0.0596 e. The van der Waals surface area contributed by atoms with Crippen LogP contribution in [0.4, 0.5) is 0 Å². The number of piperidine rings is 3. The van der Waals surface area contributed by atoms with Crippen LogP contribution in [0.25, 0.3) is 0 Å². The molecule has 3 aliphatic rings. The topological polar surface area (TPSA) is 19.0 Å². The second-order valence-corrected chi connectivity index (χ2v) is 9.15. The number of nitrogens with zero attached hydrogens (tertiary/aromatic N) is 3. The summed E-state index contributed by atoms with van der Waals surface area (Å²) >= 11 is 0. The van der Waals surface area contributed by atoms with Crippen molar-refractivity contribution in [1.29, 1.82) is 0 Å². The average molecular weight is 366 g/mol. The summed E-state index contributed by atoms with van der Waals surface area (Å²) < 4.78 is 5.71. The van der Waals surface area contributed by atoms with Gasteiger partial charge in [0.1, 0.15) is 0 Å². The van der Waals surface area contributed by atoms with Crippen molar-refractivity contribution in [3.05, 3.63) is 0 Å². The molecule has 3 rings (SSSR count). The van der Waals surface area contributed by atoms with E-state index in [0.29, 0.717) is 6.10 Å². The number of likely N-dealkylation sites (tertiary alicyclic amines) is 3. The summed E-state index contributed by atoms with van der Waals surface area (Å²) in [6.45, 7) is 16.5. The van der Waals surface area contributed by atoms with Gasteiger partial charge >= 0.3 is 0 Å². The molecule has 3 fully saturated rings. The van der Waals surface area contributed by atoms with Crippen LogP contribution in [-0.4, -0.2) is 85.3 Å². The van der Waals surface area contributed by atoms with Crippen LogP contribution < -0.4 is 0 Å². The van der Waals surface area contributed by atoms with Crippen LogP contribution in [0.1, 0.15) is 65.7 Å². The number of hydrogen-bond donors (Lipinski definition) is 0. The molecule has 152 valence electrons. The Morgan fingerprint density at radius 1 is 0.769 bits per heavy atom. The fourth-order valence-corrected chi connectivity index (χ4v) is 5.27. The molecular formula is C22H43N3O. The molecule has 0 spiro atoms. The first-order valence-corrected chi connectivity index (χ1v) is 11.5. The molecule has 0 atom stereocenters. The lowest BCUT2D eigenvalue weighted by molar-refractivity contribution is 0.0270. The summed E-state index contributed by atoms with van der Waals surface area (Å²) in [5.41, 5.74) is 0. The van der Waals surface area contributed by atoms with Crippen molar-refractivity contribution in [2.24, 2.45) is 5.92 Å². The van der Waals surface area contributed by atoms with Crippen molar-refractivity contribution in [2.75, 3.05) is 52.4 Å². The molecule has 0 aromatic carbocycles. The maximum absolute atomic E-state index is 5.71. The molecule has 3 saturated heterocycles. The van der Waals surface area contributed by atoms with E-state index in [2.05, 4.69) is 35.5 Å². The molecule has 0 bridgehead atoms. The van der Waals surface area contributed by atoms with Crippen LogP contribution in [-0.2, 0) is 4.74 Å². The average Bonchev–Trinajstić information content (AvgIpc) is 2.68. The second-order valence-electron chi connectivity index (χ2n) is 9.15. The Hall–Kier alpha value is -0.160. The van der Waals surface area contributed by atoms with Crippen LogP contribution in [0.5, 0.6) is 0 Å². The maximum Gasteiger partial charge on any atom is 0.0596 e. The van der Waals surface area contributed by atoms with Gasteiger partial charge in [-0.3, -0.25) is 0 Å². The summed E-state index contributed by atoms with van der Waals surface area (Å²) in [5.74, 6) is 1.00. The summed E-state index contributed by atoms with van der Waals surface area (Å²) in [7, 11) is 0. The quantitative estimate of drug-likeness (QED) is 0.688. The highest BCUT2D eigenvalue weighted by molar-refractivity contribution is 4.87. The molecule has 3 aliphatic heterocycles. The normalized spacial score (nSPS) is 26.8. The third-order valence-electron chi connectivity index (χ3n) is 7.17. The lowest BCUT2D eigenvalue weighted by Crippen LogP contribution is -2.52.